The molecule has 1 aromatic rings. The lowest BCUT2D eigenvalue weighted by Crippen LogP contribution is -2.47. The summed E-state index contributed by atoms with van der Waals surface area (Å²) in [6, 6.07) is 5.03. The van der Waals surface area contributed by atoms with E-state index >= 15 is 0 Å². The molecule has 7 heteroatoms. The number of aliphatic carboxylic acids is 1. The van der Waals surface area contributed by atoms with Crippen molar-refractivity contribution in [3.05, 3.63) is 22.7 Å². The number of halogens is 1. The summed E-state index contributed by atoms with van der Waals surface area (Å²) in [6.07, 6.45) is 0.605. The fraction of sp³-hybridized carbons (Fsp3) is 0.500. The number of urea groups is 1. The second kappa shape index (κ2) is 7.68. The zero-order valence-electron chi connectivity index (χ0n) is 13.2. The van der Waals surface area contributed by atoms with Crippen molar-refractivity contribution in [1.82, 2.24) is 4.90 Å². The molecule has 23 heavy (non-hydrogen) atoms. The van der Waals surface area contributed by atoms with Crippen molar-refractivity contribution in [3.63, 3.8) is 0 Å². The highest BCUT2D eigenvalue weighted by atomic mass is 79.9. The highest BCUT2D eigenvalue weighted by Gasteiger charge is 2.31. The van der Waals surface area contributed by atoms with E-state index in [0.717, 1.165) is 4.47 Å². The van der Waals surface area contributed by atoms with E-state index in [1.54, 1.807) is 23.1 Å². The number of anilines is 1. The largest absolute Gasteiger partial charge is 0.493 e. The van der Waals surface area contributed by atoms with Gasteiger partial charge >= 0.3 is 12.0 Å². The molecule has 1 aromatic carbocycles. The van der Waals surface area contributed by atoms with Gasteiger partial charge in [0.2, 0.25) is 0 Å². The van der Waals surface area contributed by atoms with Gasteiger partial charge in [0, 0.05) is 18.8 Å². The molecule has 2 rings (SSSR count). The minimum Gasteiger partial charge on any atom is -0.493 e. The van der Waals surface area contributed by atoms with E-state index in [9.17, 15) is 14.7 Å². The lowest BCUT2D eigenvalue weighted by molar-refractivity contribution is -0.143. The van der Waals surface area contributed by atoms with Crippen LogP contribution in [-0.4, -0.2) is 41.7 Å². The van der Waals surface area contributed by atoms with Gasteiger partial charge < -0.3 is 20.1 Å². The number of hydrogen-bond acceptors (Lipinski definition) is 3. The molecular formula is C16H21BrN2O4. The van der Waals surface area contributed by atoms with Crippen molar-refractivity contribution in [2.45, 2.75) is 20.3 Å². The first-order valence-electron chi connectivity index (χ1n) is 7.61. The first-order valence-corrected chi connectivity index (χ1v) is 8.41. The van der Waals surface area contributed by atoms with Crippen LogP contribution in [0.2, 0.25) is 0 Å². The Hall–Kier alpha value is -1.76. The standard InChI is InChI=1S/C16H21BrN2O4/c1-3-23-14-5-4-12(7-13(14)17)18-16(22)19-8-10(2)6-11(9-19)15(20)21/h4-5,7,10-11H,3,6,8-9H2,1-2H3,(H,18,22)(H,20,21). The molecule has 1 saturated heterocycles. The lowest BCUT2D eigenvalue weighted by Gasteiger charge is -2.34. The van der Waals surface area contributed by atoms with Crippen molar-refractivity contribution in [1.29, 1.82) is 0 Å². The maximum Gasteiger partial charge on any atom is 0.321 e. The average molecular weight is 385 g/mol. The van der Waals surface area contributed by atoms with Gasteiger partial charge in [0.25, 0.3) is 0 Å². The Balaban J connectivity index is 2.03. The van der Waals surface area contributed by atoms with Crippen LogP contribution in [0.25, 0.3) is 0 Å². The van der Waals surface area contributed by atoms with Crippen molar-refractivity contribution in [3.8, 4) is 5.75 Å². The van der Waals surface area contributed by atoms with E-state index < -0.39 is 11.9 Å². The summed E-state index contributed by atoms with van der Waals surface area (Å²) in [5.41, 5.74) is 0.635. The third-order valence-corrected chi connectivity index (χ3v) is 4.40. The van der Waals surface area contributed by atoms with Crippen LogP contribution in [0.1, 0.15) is 20.3 Å². The smallest absolute Gasteiger partial charge is 0.321 e. The Morgan fingerprint density at radius 1 is 1.43 bits per heavy atom. The molecule has 1 heterocycles. The van der Waals surface area contributed by atoms with Crippen LogP contribution >= 0.6 is 15.9 Å². The number of benzene rings is 1. The van der Waals surface area contributed by atoms with Crippen molar-refractivity contribution < 1.29 is 19.4 Å². The van der Waals surface area contributed by atoms with Crippen molar-refractivity contribution in [2.24, 2.45) is 11.8 Å². The second-order valence-corrected chi connectivity index (χ2v) is 6.64. The Morgan fingerprint density at radius 2 is 2.17 bits per heavy atom. The number of likely N-dealkylation sites (tertiary alicyclic amines) is 1. The quantitative estimate of drug-likeness (QED) is 0.833. The molecule has 2 atom stereocenters. The van der Waals surface area contributed by atoms with Crippen molar-refractivity contribution >= 4 is 33.6 Å². The summed E-state index contributed by atoms with van der Waals surface area (Å²) < 4.78 is 6.19. The predicted octanol–water partition coefficient (Wildman–Crippen LogP) is 3.42. The van der Waals surface area contributed by atoms with Crippen molar-refractivity contribution in [2.75, 3.05) is 25.0 Å². The third-order valence-electron chi connectivity index (χ3n) is 3.78. The molecule has 0 bridgehead atoms. The molecule has 1 aliphatic heterocycles. The number of carbonyl (C=O) groups excluding carboxylic acids is 1. The molecule has 0 radical (unpaired) electrons. The molecular weight excluding hydrogens is 364 g/mol. The number of rotatable bonds is 4. The first-order chi connectivity index (χ1) is 10.9. The lowest BCUT2D eigenvalue weighted by atomic mass is 9.91. The van der Waals surface area contributed by atoms with Gasteiger partial charge in [0.15, 0.2) is 0 Å². The monoisotopic (exact) mass is 384 g/mol. The molecule has 1 fully saturated rings. The Kier molecular flexibility index (Phi) is 5.87. The Morgan fingerprint density at radius 3 is 2.78 bits per heavy atom. The van der Waals surface area contributed by atoms with E-state index in [1.165, 1.54) is 0 Å². The molecule has 0 aromatic heterocycles. The summed E-state index contributed by atoms with van der Waals surface area (Å²) in [6.45, 7) is 5.23. The summed E-state index contributed by atoms with van der Waals surface area (Å²) in [5, 5.41) is 12.0. The molecule has 0 spiro atoms. The number of ether oxygens (including phenoxy) is 1. The normalized spacial score (nSPS) is 20.9. The van der Waals surface area contributed by atoms with Crippen LogP contribution in [0, 0.1) is 11.8 Å². The van der Waals surface area contributed by atoms with Crippen LogP contribution in [0.5, 0.6) is 5.75 Å². The van der Waals surface area contributed by atoms with Gasteiger partial charge in [0.05, 0.1) is 17.0 Å². The Labute approximate surface area is 143 Å². The fourth-order valence-electron chi connectivity index (χ4n) is 2.75. The molecule has 6 nitrogen and oxygen atoms in total. The molecule has 126 valence electrons. The van der Waals surface area contributed by atoms with Crippen LogP contribution in [0.4, 0.5) is 10.5 Å². The average Bonchev–Trinajstić information content (AvgIpc) is 2.49. The van der Waals surface area contributed by atoms with E-state index in [1.807, 2.05) is 13.8 Å². The minimum absolute atomic E-state index is 0.169. The number of carboxylic acids is 1. The summed E-state index contributed by atoms with van der Waals surface area (Å²) in [7, 11) is 0. The highest BCUT2D eigenvalue weighted by Crippen LogP contribution is 2.29. The number of hydrogen-bond donors (Lipinski definition) is 2. The predicted molar refractivity (Wildman–Crippen MR) is 90.8 cm³/mol. The minimum atomic E-state index is -0.849. The molecule has 1 aliphatic rings. The summed E-state index contributed by atoms with van der Waals surface area (Å²) in [5.74, 6) is -0.472. The number of nitrogens with zero attached hydrogens (tertiary/aromatic N) is 1. The van der Waals surface area contributed by atoms with E-state index in [2.05, 4.69) is 21.2 Å². The third kappa shape index (κ3) is 4.60. The van der Waals surface area contributed by atoms with Gasteiger partial charge in [-0.2, -0.15) is 0 Å². The maximum atomic E-state index is 12.4. The van der Waals surface area contributed by atoms with Gasteiger partial charge in [-0.3, -0.25) is 4.79 Å². The fourth-order valence-corrected chi connectivity index (χ4v) is 3.24. The van der Waals surface area contributed by atoms with Gasteiger partial charge in [-0.1, -0.05) is 6.92 Å². The summed E-state index contributed by atoms with van der Waals surface area (Å²) >= 11 is 3.40. The zero-order chi connectivity index (χ0) is 17.0. The second-order valence-electron chi connectivity index (χ2n) is 5.79. The van der Waals surface area contributed by atoms with E-state index in [-0.39, 0.29) is 18.5 Å². The van der Waals surface area contributed by atoms with Crippen LogP contribution < -0.4 is 10.1 Å². The molecule has 2 unspecified atom stereocenters. The number of carbonyl (C=O) groups is 2. The Bertz CT molecular complexity index is 593. The van der Waals surface area contributed by atoms with Crippen LogP contribution in [-0.2, 0) is 4.79 Å². The van der Waals surface area contributed by atoms with Gasteiger partial charge in [0.1, 0.15) is 5.75 Å². The molecule has 2 N–H and O–H groups in total. The zero-order valence-corrected chi connectivity index (χ0v) is 14.8. The first kappa shape index (κ1) is 17.6. The highest BCUT2D eigenvalue weighted by molar-refractivity contribution is 9.10. The van der Waals surface area contributed by atoms with Gasteiger partial charge in [-0.15, -0.1) is 0 Å². The maximum absolute atomic E-state index is 12.4. The number of carboxylic acid groups (broad SMARTS) is 1. The van der Waals surface area contributed by atoms with E-state index in [0.29, 0.717) is 31.0 Å². The topological polar surface area (TPSA) is 78.9 Å². The molecule has 2 amide bonds. The van der Waals surface area contributed by atoms with Gasteiger partial charge in [-0.25, -0.2) is 4.79 Å². The number of piperidine rings is 1. The van der Waals surface area contributed by atoms with E-state index in [4.69, 9.17) is 4.74 Å². The van der Waals surface area contributed by atoms with Crippen LogP contribution in [0.3, 0.4) is 0 Å². The SMILES string of the molecule is CCOc1ccc(NC(=O)N2CC(C)CC(C(=O)O)C2)cc1Br. The summed E-state index contributed by atoms with van der Waals surface area (Å²) in [4.78, 5) is 25.1. The molecule has 0 aliphatic carbocycles. The van der Waals surface area contributed by atoms with Crippen LogP contribution in [0.15, 0.2) is 22.7 Å². The number of amides is 2. The van der Waals surface area contributed by atoms with Gasteiger partial charge in [-0.05, 0) is 53.4 Å². The number of nitrogens with one attached hydrogen (secondary N) is 1. The molecule has 0 saturated carbocycles.